The van der Waals surface area contributed by atoms with Crippen molar-refractivity contribution in [3.05, 3.63) is 70.6 Å². The average molecular weight is 440 g/mol. The van der Waals surface area contributed by atoms with Crippen molar-refractivity contribution in [2.45, 2.75) is 55.7 Å². The van der Waals surface area contributed by atoms with Crippen LogP contribution in [0.4, 0.5) is 13.2 Å². The van der Waals surface area contributed by atoms with E-state index >= 15 is 0 Å². The van der Waals surface area contributed by atoms with Crippen LogP contribution < -0.4 is 5.32 Å². The molecule has 0 aliphatic heterocycles. The van der Waals surface area contributed by atoms with Gasteiger partial charge in [0.1, 0.15) is 5.83 Å². The molecule has 3 atom stereocenters. The number of allylic oxidation sites excluding steroid dienone is 4. The Morgan fingerprint density at radius 1 is 1.34 bits per heavy atom. The van der Waals surface area contributed by atoms with Crippen LogP contribution in [0.5, 0.6) is 0 Å². The molecule has 1 nitrogen and oxygen atoms in total. The molecular formula is C23H25ClF3NS. The maximum Gasteiger partial charge on any atom is 0.189 e. The SMILES string of the molecule is C=C(NC1C=C(F)C(F)=C(F)C1)c1ccc(Cl)c(SC(C)CC2CCC=C2C)c1. The van der Waals surface area contributed by atoms with Crippen molar-refractivity contribution in [1.29, 1.82) is 0 Å². The Morgan fingerprint density at radius 3 is 2.76 bits per heavy atom. The van der Waals surface area contributed by atoms with Crippen LogP contribution >= 0.6 is 23.4 Å². The second-order valence-corrected chi connectivity index (χ2v) is 9.59. The van der Waals surface area contributed by atoms with Gasteiger partial charge in [0, 0.05) is 22.3 Å². The maximum atomic E-state index is 13.5. The highest BCUT2D eigenvalue weighted by atomic mass is 35.5. The first-order valence-corrected chi connectivity index (χ1v) is 11.0. The van der Waals surface area contributed by atoms with E-state index in [1.165, 1.54) is 12.0 Å². The molecule has 0 bridgehead atoms. The molecule has 2 aliphatic rings. The Kier molecular flexibility index (Phi) is 7.23. The van der Waals surface area contributed by atoms with Crippen LogP contribution in [0.1, 0.15) is 45.1 Å². The lowest BCUT2D eigenvalue weighted by atomic mass is 9.97. The van der Waals surface area contributed by atoms with Crippen LogP contribution in [0.2, 0.25) is 5.02 Å². The summed E-state index contributed by atoms with van der Waals surface area (Å²) < 4.78 is 40.2. The molecule has 0 amide bonds. The summed E-state index contributed by atoms with van der Waals surface area (Å²) in [4.78, 5) is 0.946. The minimum atomic E-state index is -1.42. The second kappa shape index (κ2) is 9.48. The molecule has 0 fully saturated rings. The molecule has 0 spiro atoms. The van der Waals surface area contributed by atoms with E-state index in [-0.39, 0.29) is 6.42 Å². The van der Waals surface area contributed by atoms with E-state index in [1.807, 2.05) is 12.1 Å². The smallest absolute Gasteiger partial charge is 0.189 e. The van der Waals surface area contributed by atoms with Crippen molar-refractivity contribution < 1.29 is 13.2 Å². The number of halogens is 4. The number of benzene rings is 1. The largest absolute Gasteiger partial charge is 0.378 e. The monoisotopic (exact) mass is 439 g/mol. The fourth-order valence-electron chi connectivity index (χ4n) is 3.78. The predicted molar refractivity (Wildman–Crippen MR) is 117 cm³/mol. The highest BCUT2D eigenvalue weighted by Gasteiger charge is 2.24. The highest BCUT2D eigenvalue weighted by molar-refractivity contribution is 8.00. The van der Waals surface area contributed by atoms with Crippen molar-refractivity contribution in [3.63, 3.8) is 0 Å². The van der Waals surface area contributed by atoms with E-state index in [9.17, 15) is 13.2 Å². The topological polar surface area (TPSA) is 12.0 Å². The summed E-state index contributed by atoms with van der Waals surface area (Å²) in [5.74, 6) is -3.06. The molecule has 0 radical (unpaired) electrons. The number of rotatable bonds is 7. The molecule has 29 heavy (non-hydrogen) atoms. The van der Waals surface area contributed by atoms with Gasteiger partial charge in [-0.3, -0.25) is 0 Å². The van der Waals surface area contributed by atoms with Crippen LogP contribution in [0.3, 0.4) is 0 Å². The zero-order valence-corrected chi connectivity index (χ0v) is 18.1. The van der Waals surface area contributed by atoms with Crippen molar-refractivity contribution in [3.8, 4) is 0 Å². The van der Waals surface area contributed by atoms with Gasteiger partial charge < -0.3 is 5.32 Å². The Bertz CT molecular complexity index is 890. The van der Waals surface area contributed by atoms with Crippen molar-refractivity contribution >= 4 is 29.1 Å². The standard InChI is InChI=1S/C23H25ClF3NS/c1-13-5-4-6-16(13)9-14(2)29-22-10-17(7-8-19(22)24)15(3)28-18-11-20(25)23(27)21(26)12-18/h5,7-8,10-11,14,16,18,28H,3-4,6,9,12H2,1-2H3. The molecule has 0 heterocycles. The molecule has 0 saturated carbocycles. The summed E-state index contributed by atoms with van der Waals surface area (Å²) in [6.45, 7) is 8.38. The summed E-state index contributed by atoms with van der Waals surface area (Å²) in [5.41, 5.74) is 2.76. The number of nitrogens with one attached hydrogen (secondary N) is 1. The van der Waals surface area contributed by atoms with Crippen LogP contribution in [-0.2, 0) is 0 Å². The molecule has 3 rings (SSSR count). The molecule has 1 N–H and O–H groups in total. The summed E-state index contributed by atoms with van der Waals surface area (Å²) in [6.07, 6.45) is 6.56. The van der Waals surface area contributed by atoms with Gasteiger partial charge in [0.05, 0.1) is 11.1 Å². The molecule has 3 unspecified atom stereocenters. The van der Waals surface area contributed by atoms with Gasteiger partial charge in [-0.15, -0.1) is 11.8 Å². The second-order valence-electron chi connectivity index (χ2n) is 7.70. The summed E-state index contributed by atoms with van der Waals surface area (Å²) in [7, 11) is 0. The first-order chi connectivity index (χ1) is 13.7. The maximum absolute atomic E-state index is 13.5. The van der Waals surface area contributed by atoms with Crippen molar-refractivity contribution in [2.24, 2.45) is 5.92 Å². The minimum Gasteiger partial charge on any atom is -0.378 e. The molecule has 6 heteroatoms. The number of hydrogen-bond donors (Lipinski definition) is 1. The normalized spacial score (nSPS) is 23.0. The Morgan fingerprint density at radius 2 is 2.10 bits per heavy atom. The van der Waals surface area contributed by atoms with E-state index in [0.717, 1.165) is 29.4 Å². The van der Waals surface area contributed by atoms with Crippen LogP contribution in [-0.4, -0.2) is 11.3 Å². The van der Waals surface area contributed by atoms with Gasteiger partial charge in [0.2, 0.25) is 0 Å². The molecule has 1 aromatic rings. The van der Waals surface area contributed by atoms with Gasteiger partial charge in [-0.2, -0.15) is 0 Å². The average Bonchev–Trinajstić information content (AvgIpc) is 3.06. The van der Waals surface area contributed by atoms with Crippen LogP contribution in [0, 0.1) is 5.92 Å². The Balaban J connectivity index is 1.65. The predicted octanol–water partition coefficient (Wildman–Crippen LogP) is 7.90. The summed E-state index contributed by atoms with van der Waals surface area (Å²) in [6, 6.07) is 4.86. The quantitative estimate of drug-likeness (QED) is 0.342. The fourth-order valence-corrected chi connectivity index (χ4v) is 5.17. The van der Waals surface area contributed by atoms with Gasteiger partial charge in [-0.25, -0.2) is 13.2 Å². The van der Waals surface area contributed by atoms with Crippen LogP contribution in [0.25, 0.3) is 5.70 Å². The third kappa shape index (κ3) is 5.52. The zero-order valence-electron chi connectivity index (χ0n) is 16.6. The van der Waals surface area contributed by atoms with Gasteiger partial charge in [-0.05, 0) is 55.9 Å². The van der Waals surface area contributed by atoms with E-state index < -0.39 is 23.5 Å². The summed E-state index contributed by atoms with van der Waals surface area (Å²) >= 11 is 8.12. The lowest BCUT2D eigenvalue weighted by Crippen LogP contribution is -2.27. The van der Waals surface area contributed by atoms with E-state index in [1.54, 1.807) is 17.8 Å². The third-order valence-corrected chi connectivity index (χ3v) is 7.03. The van der Waals surface area contributed by atoms with E-state index in [2.05, 4.69) is 31.8 Å². The van der Waals surface area contributed by atoms with E-state index in [0.29, 0.717) is 21.9 Å². The molecule has 2 aliphatic carbocycles. The molecule has 0 saturated heterocycles. The number of thioether (sulfide) groups is 1. The molecular weight excluding hydrogens is 415 g/mol. The van der Waals surface area contributed by atoms with Gasteiger partial charge >= 0.3 is 0 Å². The van der Waals surface area contributed by atoms with Crippen LogP contribution in [0.15, 0.2) is 64.9 Å². The zero-order chi connectivity index (χ0) is 21.1. The fraction of sp³-hybridized carbons (Fsp3) is 0.391. The Hall–Kier alpha value is -1.59. The molecule has 0 aromatic heterocycles. The van der Waals surface area contributed by atoms with Gasteiger partial charge in [-0.1, -0.05) is 42.8 Å². The number of hydrogen-bond acceptors (Lipinski definition) is 2. The lowest BCUT2D eigenvalue weighted by molar-refractivity contribution is 0.439. The lowest BCUT2D eigenvalue weighted by Gasteiger charge is -2.22. The van der Waals surface area contributed by atoms with Gasteiger partial charge in [0.15, 0.2) is 11.7 Å². The Labute approximate surface area is 179 Å². The molecule has 1 aromatic carbocycles. The first-order valence-electron chi connectivity index (χ1n) is 9.75. The van der Waals surface area contributed by atoms with E-state index in [4.69, 9.17) is 11.6 Å². The highest BCUT2D eigenvalue weighted by Crippen LogP contribution is 2.38. The molecule has 156 valence electrons. The van der Waals surface area contributed by atoms with Crippen molar-refractivity contribution in [1.82, 2.24) is 5.32 Å². The first kappa shape index (κ1) is 22.1. The van der Waals surface area contributed by atoms with Gasteiger partial charge in [0.25, 0.3) is 0 Å². The van der Waals surface area contributed by atoms with Crippen molar-refractivity contribution in [2.75, 3.05) is 0 Å². The summed E-state index contributed by atoms with van der Waals surface area (Å²) in [5, 5.41) is 4.03. The third-order valence-electron chi connectivity index (χ3n) is 5.40. The minimum absolute atomic E-state index is 0.251.